The van der Waals surface area contributed by atoms with E-state index in [9.17, 15) is 0 Å². The minimum atomic E-state index is 0. The minimum Gasteiger partial charge on any atom is -0.176 e. The maximum Gasteiger partial charge on any atom is 0 e. The second kappa shape index (κ2) is 113. The largest absolute Gasteiger partial charge is 0.176 e. The summed E-state index contributed by atoms with van der Waals surface area (Å²) >= 11 is 4.10. The van der Waals surface area contributed by atoms with Crippen LogP contribution in [-0.4, -0.2) is 5.25 Å². The summed E-state index contributed by atoms with van der Waals surface area (Å²) in [6, 6.07) is 0. The van der Waals surface area contributed by atoms with E-state index in [1.54, 1.807) is 6.08 Å². The van der Waals surface area contributed by atoms with Gasteiger partial charge in [0.15, 0.2) is 0 Å². The molecule has 280 valence electrons. The highest BCUT2D eigenvalue weighted by atomic mass is 32.1. The highest BCUT2D eigenvalue weighted by Crippen LogP contribution is 2.16. The van der Waals surface area contributed by atoms with Crippen molar-refractivity contribution in [1.29, 1.82) is 0 Å². The molecule has 0 aromatic rings. The molecule has 3 unspecified atom stereocenters. The molecule has 0 aliphatic carbocycles. The van der Waals surface area contributed by atoms with Crippen molar-refractivity contribution >= 4 is 12.6 Å². The molecule has 3 atom stereocenters. The Morgan fingerprint density at radius 1 is 0.442 bits per heavy atom. The van der Waals surface area contributed by atoms with Crippen LogP contribution in [0.1, 0.15) is 251 Å². The van der Waals surface area contributed by atoms with Crippen LogP contribution in [-0.2, 0) is 0 Å². The molecule has 0 aliphatic rings. The summed E-state index contributed by atoms with van der Waals surface area (Å²) in [4.78, 5) is 0. The fourth-order valence-corrected chi connectivity index (χ4v) is 0.805. The van der Waals surface area contributed by atoms with Gasteiger partial charge in [-0.05, 0) is 30.4 Å². The number of allylic oxidation sites excluding steroid dienone is 1. The fourth-order valence-electron chi connectivity index (χ4n) is 0.805. The summed E-state index contributed by atoms with van der Waals surface area (Å²) in [5.74, 6) is 1.83. The summed E-state index contributed by atoms with van der Waals surface area (Å²) < 4.78 is 0. The van der Waals surface area contributed by atoms with Gasteiger partial charge in [-0.2, -0.15) is 12.6 Å². The van der Waals surface area contributed by atoms with E-state index in [2.05, 4.69) is 144 Å². The van der Waals surface area contributed by atoms with Crippen LogP contribution in [0, 0.1) is 11.8 Å². The van der Waals surface area contributed by atoms with Gasteiger partial charge in [-0.3, -0.25) is 0 Å². The van der Waals surface area contributed by atoms with Crippen molar-refractivity contribution < 1.29 is 1.43 Å². The number of thiol groups is 1. The van der Waals surface area contributed by atoms with Gasteiger partial charge in [0.25, 0.3) is 0 Å². The molecule has 0 saturated heterocycles. The minimum absolute atomic E-state index is 0. The molecule has 0 nitrogen and oxygen atoms in total. The van der Waals surface area contributed by atoms with E-state index in [1.165, 1.54) is 96.3 Å². The van der Waals surface area contributed by atoms with Crippen LogP contribution in [0.2, 0.25) is 0 Å². The van der Waals surface area contributed by atoms with Crippen molar-refractivity contribution in [2.45, 2.75) is 254 Å². The summed E-state index contributed by atoms with van der Waals surface area (Å²) in [5.41, 5.74) is 0. The van der Waals surface area contributed by atoms with E-state index in [0.29, 0.717) is 5.25 Å². The Balaban J connectivity index is -0.0000000262. The smallest absolute Gasteiger partial charge is 0 e. The first kappa shape index (κ1) is 74.1. The Hall–Kier alpha value is 0.0900. The third-order valence-corrected chi connectivity index (χ3v) is 6.22. The molecule has 0 aliphatic heterocycles. The van der Waals surface area contributed by atoms with Crippen LogP contribution < -0.4 is 0 Å². The predicted octanol–water partition coefficient (Wildman–Crippen LogP) is 18.7. The molecule has 0 rings (SSSR count). The topological polar surface area (TPSA) is 0 Å². The third-order valence-electron chi connectivity index (χ3n) is 5.85. The van der Waals surface area contributed by atoms with Crippen molar-refractivity contribution in [2.24, 2.45) is 11.8 Å². The molecule has 0 spiro atoms. The molecular formula is C42H106S. The molecule has 43 heavy (non-hydrogen) atoms. The van der Waals surface area contributed by atoms with Crippen LogP contribution in [0.3, 0.4) is 0 Å². The van der Waals surface area contributed by atoms with Gasteiger partial charge in [-0.1, -0.05) is 242 Å². The zero-order chi connectivity index (χ0) is 36.0. The zero-order valence-corrected chi connectivity index (χ0v) is 36.0. The maximum atomic E-state index is 4.10. The lowest BCUT2D eigenvalue weighted by molar-refractivity contribution is 0.367. The third kappa shape index (κ3) is 261. The molecular weight excluding hydrogens is 537 g/mol. The highest BCUT2D eigenvalue weighted by molar-refractivity contribution is 7.80. The number of rotatable bonds is 10. The Labute approximate surface area is 292 Å². The quantitative estimate of drug-likeness (QED) is 0.178. The van der Waals surface area contributed by atoms with Gasteiger partial charge in [0, 0.05) is 1.43 Å². The Bertz CT molecular complexity index is 215. The lowest BCUT2D eigenvalue weighted by Crippen LogP contribution is -2.04. The summed E-state index contributed by atoms with van der Waals surface area (Å²) in [7, 11) is 0. The zero-order valence-electron chi connectivity index (χ0n) is 35.1. The molecule has 0 N–H and O–H groups in total. The molecule has 0 aromatic carbocycles. The molecule has 0 heterocycles. The van der Waals surface area contributed by atoms with Crippen LogP contribution in [0.15, 0.2) is 12.7 Å². The monoisotopic (exact) mass is 644 g/mol. The Kier molecular flexibility index (Phi) is 195. The van der Waals surface area contributed by atoms with Gasteiger partial charge in [0.2, 0.25) is 0 Å². The van der Waals surface area contributed by atoms with Crippen molar-refractivity contribution in [2.75, 3.05) is 0 Å². The van der Waals surface area contributed by atoms with E-state index in [1.807, 2.05) is 20.8 Å². The standard InChI is InChI=1S/C8H18.C4H10S.6C4H10.C3H6.C2H6.CH4.H2/c1-5-7(3)8(4)6-2;1-3-4(2)5;6*1-3-4-2;1-3-2;1-2;;/h7-8H,5-6H2,1-4H3;4-5H,3H2,1-2H3;6*3-4H2,1-2H3;3H,1H2,2H3;1-2H3;1H4;1H/i;;;;;;;;;;;1+1. The molecule has 1 heteroatoms. The van der Waals surface area contributed by atoms with Crippen molar-refractivity contribution in [1.82, 2.24) is 0 Å². The normalized spacial score (nSPS) is 9.72. The second-order valence-corrected chi connectivity index (χ2v) is 11.3. The first-order valence-electron chi connectivity index (χ1n) is 19.1. The average Bonchev–Trinajstić information content (AvgIpc) is 3.05. The maximum absolute atomic E-state index is 4.10. The molecule has 0 aromatic heterocycles. The van der Waals surface area contributed by atoms with Gasteiger partial charge in [-0.15, -0.1) is 6.58 Å². The summed E-state index contributed by atoms with van der Waals surface area (Å²) in [6.07, 6.45) is 21.4. The van der Waals surface area contributed by atoms with Gasteiger partial charge in [0.05, 0.1) is 0 Å². The van der Waals surface area contributed by atoms with Crippen molar-refractivity contribution in [3.8, 4) is 0 Å². The highest BCUT2D eigenvalue weighted by Gasteiger charge is 2.05. The Morgan fingerprint density at radius 2 is 0.535 bits per heavy atom. The summed E-state index contributed by atoms with van der Waals surface area (Å²) in [5, 5.41) is 0.579. The predicted molar refractivity (Wildman–Crippen MR) is 227 cm³/mol. The van der Waals surface area contributed by atoms with Gasteiger partial charge in [-0.25, -0.2) is 0 Å². The fraction of sp³-hybridized carbons (Fsp3) is 0.952. The van der Waals surface area contributed by atoms with Crippen molar-refractivity contribution in [3.63, 3.8) is 0 Å². The number of hydrogen-bond donors (Lipinski definition) is 1. The van der Waals surface area contributed by atoms with Crippen molar-refractivity contribution in [3.05, 3.63) is 12.7 Å². The van der Waals surface area contributed by atoms with E-state index >= 15 is 0 Å². The van der Waals surface area contributed by atoms with E-state index < -0.39 is 0 Å². The second-order valence-electron chi connectivity index (χ2n) is 10.4. The molecule has 0 amide bonds. The van der Waals surface area contributed by atoms with Gasteiger partial charge >= 0.3 is 0 Å². The van der Waals surface area contributed by atoms with Crippen LogP contribution in [0.25, 0.3) is 0 Å². The Morgan fingerprint density at radius 3 is 0.558 bits per heavy atom. The van der Waals surface area contributed by atoms with Crippen LogP contribution in [0.4, 0.5) is 0 Å². The molecule has 0 radical (unpaired) electrons. The van der Waals surface area contributed by atoms with E-state index in [4.69, 9.17) is 0 Å². The van der Waals surface area contributed by atoms with E-state index in [-0.39, 0.29) is 8.85 Å². The molecule has 0 saturated carbocycles. The molecule has 0 fully saturated rings. The first-order valence-corrected chi connectivity index (χ1v) is 19.7. The number of unbranched alkanes of at least 4 members (excludes halogenated alkanes) is 6. The molecule has 0 bridgehead atoms. The summed E-state index contributed by atoms with van der Waals surface area (Å²) in [6.45, 7) is 48.8. The SMILES string of the molecule is C.C=CC.CC.CCC(C)C(C)CC.CCC(C)S.CCCC.CCCC.CCCC.CCCC.CCCC.CCCC.[2HH]. The van der Waals surface area contributed by atoms with Crippen LogP contribution in [0.5, 0.6) is 0 Å². The number of hydrogen-bond acceptors (Lipinski definition) is 1. The average molecular weight is 644 g/mol. The lowest BCUT2D eigenvalue weighted by atomic mass is 9.92. The van der Waals surface area contributed by atoms with Gasteiger partial charge < -0.3 is 0 Å². The first-order chi connectivity index (χ1) is 19.9. The van der Waals surface area contributed by atoms with E-state index in [0.717, 1.165) is 11.8 Å². The van der Waals surface area contributed by atoms with Crippen LogP contribution >= 0.6 is 12.6 Å². The van der Waals surface area contributed by atoms with Gasteiger partial charge in [0.1, 0.15) is 0 Å². The lowest BCUT2D eigenvalue weighted by Gasteiger charge is -2.14.